The minimum atomic E-state index is -0.00569. The third-order valence-corrected chi connectivity index (χ3v) is 3.22. The van der Waals surface area contributed by atoms with Crippen molar-refractivity contribution < 1.29 is 0 Å². The highest BCUT2D eigenvalue weighted by Gasteiger charge is 2.27. The second kappa shape index (κ2) is 6.22. The predicted octanol–water partition coefficient (Wildman–Crippen LogP) is 2.00. The molecule has 0 aromatic rings. The van der Waals surface area contributed by atoms with E-state index in [2.05, 4.69) is 37.1 Å². The van der Waals surface area contributed by atoms with Crippen LogP contribution in [0.15, 0.2) is 0 Å². The fourth-order valence-electron chi connectivity index (χ4n) is 2.43. The summed E-state index contributed by atoms with van der Waals surface area (Å²) in [4.78, 5) is 2.43. The molecule has 1 aliphatic rings. The van der Waals surface area contributed by atoms with Crippen molar-refractivity contribution in [2.75, 3.05) is 26.2 Å². The standard InChI is InChI=1S/C13H25N3/c1-4-7-15-12(9-14)10-16-8-5-6-13(2,3)11-16/h12,15H,4-8,10-11H2,1-3H3. The van der Waals surface area contributed by atoms with Gasteiger partial charge >= 0.3 is 0 Å². The van der Waals surface area contributed by atoms with Crippen LogP contribution in [-0.4, -0.2) is 37.1 Å². The zero-order valence-corrected chi connectivity index (χ0v) is 10.9. The first-order valence-electron chi connectivity index (χ1n) is 6.43. The van der Waals surface area contributed by atoms with E-state index in [0.29, 0.717) is 5.41 Å². The van der Waals surface area contributed by atoms with E-state index in [0.717, 1.165) is 32.6 Å². The van der Waals surface area contributed by atoms with Gasteiger partial charge in [-0.05, 0) is 37.8 Å². The summed E-state index contributed by atoms with van der Waals surface area (Å²) in [5, 5.41) is 12.4. The zero-order valence-electron chi connectivity index (χ0n) is 10.9. The minimum absolute atomic E-state index is 0.00569. The predicted molar refractivity (Wildman–Crippen MR) is 67.1 cm³/mol. The Bertz CT molecular complexity index is 242. The van der Waals surface area contributed by atoms with Crippen LogP contribution < -0.4 is 5.32 Å². The highest BCUT2D eigenvalue weighted by atomic mass is 15.2. The Morgan fingerprint density at radius 1 is 1.50 bits per heavy atom. The van der Waals surface area contributed by atoms with Gasteiger partial charge < -0.3 is 10.2 Å². The molecule has 1 fully saturated rings. The molecule has 0 aromatic carbocycles. The van der Waals surface area contributed by atoms with E-state index >= 15 is 0 Å². The van der Waals surface area contributed by atoms with Crippen LogP contribution >= 0.6 is 0 Å². The van der Waals surface area contributed by atoms with E-state index in [1.807, 2.05) is 0 Å². The largest absolute Gasteiger partial charge is 0.301 e. The first-order valence-corrected chi connectivity index (χ1v) is 6.43. The van der Waals surface area contributed by atoms with Crippen molar-refractivity contribution in [2.24, 2.45) is 5.41 Å². The Balaban J connectivity index is 2.37. The lowest BCUT2D eigenvalue weighted by molar-refractivity contribution is 0.113. The molecule has 1 saturated heterocycles. The molecule has 16 heavy (non-hydrogen) atoms. The molecule has 1 rings (SSSR count). The maximum absolute atomic E-state index is 9.07. The molecular weight excluding hydrogens is 198 g/mol. The lowest BCUT2D eigenvalue weighted by Crippen LogP contribution is -2.46. The SMILES string of the molecule is CCCNC(C#N)CN1CCCC(C)(C)C1. The third-order valence-electron chi connectivity index (χ3n) is 3.22. The van der Waals surface area contributed by atoms with Crippen LogP contribution in [0.1, 0.15) is 40.0 Å². The fraction of sp³-hybridized carbons (Fsp3) is 0.923. The van der Waals surface area contributed by atoms with Crippen molar-refractivity contribution in [1.29, 1.82) is 5.26 Å². The average molecular weight is 223 g/mol. The molecule has 0 saturated carbocycles. The quantitative estimate of drug-likeness (QED) is 0.775. The van der Waals surface area contributed by atoms with E-state index < -0.39 is 0 Å². The van der Waals surface area contributed by atoms with Crippen LogP contribution in [0.2, 0.25) is 0 Å². The van der Waals surface area contributed by atoms with Gasteiger partial charge in [-0.15, -0.1) is 0 Å². The van der Waals surface area contributed by atoms with Gasteiger partial charge in [-0.2, -0.15) is 5.26 Å². The van der Waals surface area contributed by atoms with E-state index in [9.17, 15) is 0 Å². The van der Waals surface area contributed by atoms with Crippen molar-refractivity contribution in [2.45, 2.75) is 46.1 Å². The summed E-state index contributed by atoms with van der Waals surface area (Å²) < 4.78 is 0. The number of nitrogens with one attached hydrogen (secondary N) is 1. The number of rotatable bonds is 5. The van der Waals surface area contributed by atoms with E-state index in [1.54, 1.807) is 0 Å². The molecule has 0 spiro atoms. The molecular formula is C13H25N3. The highest BCUT2D eigenvalue weighted by Crippen LogP contribution is 2.28. The molecule has 1 aliphatic heterocycles. The van der Waals surface area contributed by atoms with Crippen LogP contribution in [0, 0.1) is 16.7 Å². The second-order valence-corrected chi connectivity index (χ2v) is 5.64. The molecule has 1 atom stereocenters. The Morgan fingerprint density at radius 2 is 2.25 bits per heavy atom. The van der Waals surface area contributed by atoms with Crippen LogP contribution in [0.5, 0.6) is 0 Å². The average Bonchev–Trinajstić information content (AvgIpc) is 2.22. The van der Waals surface area contributed by atoms with E-state index in [-0.39, 0.29) is 6.04 Å². The number of nitrogens with zero attached hydrogens (tertiary/aromatic N) is 2. The molecule has 1 unspecified atom stereocenters. The van der Waals surface area contributed by atoms with Crippen LogP contribution in [0.4, 0.5) is 0 Å². The normalized spacial score (nSPS) is 22.6. The Hall–Kier alpha value is -0.590. The molecule has 92 valence electrons. The molecule has 0 radical (unpaired) electrons. The smallest absolute Gasteiger partial charge is 0.108 e. The summed E-state index contributed by atoms with van der Waals surface area (Å²) in [5.41, 5.74) is 0.420. The number of piperidine rings is 1. The van der Waals surface area contributed by atoms with Crippen LogP contribution in [0.3, 0.4) is 0 Å². The van der Waals surface area contributed by atoms with Gasteiger partial charge in [-0.3, -0.25) is 0 Å². The summed E-state index contributed by atoms with van der Waals surface area (Å²) in [6.07, 6.45) is 3.66. The first-order chi connectivity index (χ1) is 7.57. The number of likely N-dealkylation sites (tertiary alicyclic amines) is 1. The maximum Gasteiger partial charge on any atom is 0.108 e. The van der Waals surface area contributed by atoms with Gasteiger partial charge in [0.05, 0.1) is 6.07 Å². The van der Waals surface area contributed by atoms with Crippen molar-refractivity contribution in [1.82, 2.24) is 10.2 Å². The molecule has 0 bridgehead atoms. The van der Waals surface area contributed by atoms with Crippen molar-refractivity contribution in [3.63, 3.8) is 0 Å². The molecule has 0 aromatic heterocycles. The molecule has 1 heterocycles. The van der Waals surface area contributed by atoms with Gasteiger partial charge in [-0.25, -0.2) is 0 Å². The molecule has 3 nitrogen and oxygen atoms in total. The third kappa shape index (κ3) is 4.51. The summed E-state index contributed by atoms with van der Waals surface area (Å²) in [6, 6.07) is 2.35. The number of hydrogen-bond acceptors (Lipinski definition) is 3. The zero-order chi connectivity index (χ0) is 12.0. The Kier molecular flexibility index (Phi) is 5.24. The first kappa shape index (κ1) is 13.5. The van der Waals surface area contributed by atoms with Gasteiger partial charge in [0.15, 0.2) is 0 Å². The summed E-state index contributed by atoms with van der Waals surface area (Å²) in [7, 11) is 0. The summed E-state index contributed by atoms with van der Waals surface area (Å²) in [5.74, 6) is 0. The van der Waals surface area contributed by atoms with Gasteiger partial charge in [0.25, 0.3) is 0 Å². The maximum atomic E-state index is 9.07. The number of nitriles is 1. The van der Waals surface area contributed by atoms with E-state index in [4.69, 9.17) is 5.26 Å². The summed E-state index contributed by atoms with van der Waals surface area (Å²) in [6.45, 7) is 10.9. The monoisotopic (exact) mass is 223 g/mol. The molecule has 0 amide bonds. The molecule has 0 aliphatic carbocycles. The molecule has 3 heteroatoms. The van der Waals surface area contributed by atoms with Crippen molar-refractivity contribution in [3.8, 4) is 6.07 Å². The number of hydrogen-bond donors (Lipinski definition) is 1. The van der Waals surface area contributed by atoms with Gasteiger partial charge in [0.1, 0.15) is 6.04 Å². The fourth-order valence-corrected chi connectivity index (χ4v) is 2.43. The van der Waals surface area contributed by atoms with Crippen LogP contribution in [0.25, 0.3) is 0 Å². The van der Waals surface area contributed by atoms with Crippen LogP contribution in [-0.2, 0) is 0 Å². The second-order valence-electron chi connectivity index (χ2n) is 5.64. The van der Waals surface area contributed by atoms with Gasteiger partial charge in [-0.1, -0.05) is 20.8 Å². The van der Waals surface area contributed by atoms with Crippen molar-refractivity contribution >= 4 is 0 Å². The topological polar surface area (TPSA) is 39.1 Å². The lowest BCUT2D eigenvalue weighted by Gasteiger charge is -2.38. The highest BCUT2D eigenvalue weighted by molar-refractivity contribution is 4.93. The van der Waals surface area contributed by atoms with E-state index in [1.165, 1.54) is 12.8 Å². The summed E-state index contributed by atoms with van der Waals surface area (Å²) >= 11 is 0. The van der Waals surface area contributed by atoms with Crippen molar-refractivity contribution in [3.05, 3.63) is 0 Å². The minimum Gasteiger partial charge on any atom is -0.301 e. The lowest BCUT2D eigenvalue weighted by atomic mass is 9.84. The van der Waals surface area contributed by atoms with Gasteiger partial charge in [0, 0.05) is 13.1 Å². The molecule has 1 N–H and O–H groups in total. The van der Waals surface area contributed by atoms with Gasteiger partial charge in [0.2, 0.25) is 0 Å². The Labute approximate surface area is 99.8 Å². The Morgan fingerprint density at radius 3 is 2.81 bits per heavy atom.